The summed E-state index contributed by atoms with van der Waals surface area (Å²) in [5.74, 6) is -0.196. The minimum absolute atomic E-state index is 0.196. The zero-order valence-electron chi connectivity index (χ0n) is 13.0. The van der Waals surface area contributed by atoms with Gasteiger partial charge in [-0.05, 0) is 35.9 Å². The summed E-state index contributed by atoms with van der Waals surface area (Å²) in [6.07, 6.45) is 10.5. The SMILES string of the molecule is O=C1N=Cc2cc(-n3cc(-c4ccncc4)c4cncnc43)ccc21. The van der Waals surface area contributed by atoms with Crippen LogP contribution < -0.4 is 0 Å². The third-order valence-electron chi connectivity index (χ3n) is 4.32. The van der Waals surface area contributed by atoms with Crippen molar-refractivity contribution >= 4 is 23.2 Å². The Balaban J connectivity index is 1.75. The maximum Gasteiger partial charge on any atom is 0.277 e. The van der Waals surface area contributed by atoms with E-state index in [4.69, 9.17) is 0 Å². The van der Waals surface area contributed by atoms with E-state index < -0.39 is 0 Å². The average molecular weight is 325 g/mol. The van der Waals surface area contributed by atoms with E-state index in [0.717, 1.165) is 33.4 Å². The van der Waals surface area contributed by atoms with Gasteiger partial charge < -0.3 is 4.57 Å². The number of amides is 1. The van der Waals surface area contributed by atoms with Gasteiger partial charge in [-0.2, -0.15) is 0 Å². The Labute approximate surface area is 142 Å². The molecule has 0 N–H and O–H groups in total. The van der Waals surface area contributed by atoms with Gasteiger partial charge in [0, 0.05) is 53.2 Å². The molecule has 6 nitrogen and oxygen atoms in total. The third kappa shape index (κ3) is 2.08. The maximum atomic E-state index is 11.7. The fourth-order valence-corrected chi connectivity index (χ4v) is 3.12. The number of rotatable bonds is 2. The number of aromatic nitrogens is 4. The Morgan fingerprint density at radius 2 is 1.84 bits per heavy atom. The number of hydrogen-bond acceptors (Lipinski definition) is 4. The molecule has 0 atom stereocenters. The number of benzene rings is 1. The highest BCUT2D eigenvalue weighted by Gasteiger charge is 2.18. The van der Waals surface area contributed by atoms with E-state index in [1.165, 1.54) is 6.33 Å². The lowest BCUT2D eigenvalue weighted by molar-refractivity contribution is 0.101. The molecule has 25 heavy (non-hydrogen) atoms. The van der Waals surface area contributed by atoms with E-state index in [1.54, 1.807) is 24.7 Å². The highest BCUT2D eigenvalue weighted by atomic mass is 16.1. The van der Waals surface area contributed by atoms with Crippen LogP contribution in [-0.2, 0) is 0 Å². The van der Waals surface area contributed by atoms with Crippen molar-refractivity contribution in [3.05, 3.63) is 72.6 Å². The molecule has 1 aromatic carbocycles. The number of nitrogens with zero attached hydrogens (tertiary/aromatic N) is 5. The molecule has 118 valence electrons. The zero-order valence-corrected chi connectivity index (χ0v) is 13.0. The van der Waals surface area contributed by atoms with Crippen molar-refractivity contribution in [2.75, 3.05) is 0 Å². The number of carbonyl (C=O) groups is 1. The zero-order chi connectivity index (χ0) is 16.8. The highest BCUT2D eigenvalue weighted by Crippen LogP contribution is 2.31. The van der Waals surface area contributed by atoms with Gasteiger partial charge in [-0.15, -0.1) is 0 Å². The first-order chi connectivity index (χ1) is 12.3. The van der Waals surface area contributed by atoms with E-state index in [0.29, 0.717) is 5.56 Å². The topological polar surface area (TPSA) is 73.0 Å². The number of pyridine rings is 1. The van der Waals surface area contributed by atoms with Crippen LogP contribution in [0.25, 0.3) is 27.8 Å². The minimum Gasteiger partial charge on any atom is -0.301 e. The Kier molecular flexibility index (Phi) is 2.84. The van der Waals surface area contributed by atoms with Crippen LogP contribution in [0, 0.1) is 0 Å². The van der Waals surface area contributed by atoms with Crippen LogP contribution in [0.5, 0.6) is 0 Å². The number of carbonyl (C=O) groups excluding carboxylic acids is 1. The average Bonchev–Trinajstić information content (AvgIpc) is 3.23. The Morgan fingerprint density at radius 3 is 2.72 bits per heavy atom. The molecule has 4 heterocycles. The lowest BCUT2D eigenvalue weighted by Crippen LogP contribution is -1.97. The van der Waals surface area contributed by atoms with Gasteiger partial charge in [-0.1, -0.05) is 0 Å². The summed E-state index contributed by atoms with van der Waals surface area (Å²) in [5.41, 5.74) is 5.26. The molecule has 1 aliphatic rings. The molecule has 3 aromatic heterocycles. The minimum atomic E-state index is -0.196. The largest absolute Gasteiger partial charge is 0.301 e. The van der Waals surface area contributed by atoms with Crippen LogP contribution >= 0.6 is 0 Å². The second-order valence-corrected chi connectivity index (χ2v) is 5.74. The van der Waals surface area contributed by atoms with Gasteiger partial charge in [-0.3, -0.25) is 9.78 Å². The van der Waals surface area contributed by atoms with Crippen molar-refractivity contribution < 1.29 is 4.79 Å². The van der Waals surface area contributed by atoms with E-state index >= 15 is 0 Å². The van der Waals surface area contributed by atoms with Crippen molar-refractivity contribution in [1.82, 2.24) is 19.5 Å². The molecule has 4 aromatic rings. The van der Waals surface area contributed by atoms with E-state index in [2.05, 4.69) is 19.9 Å². The van der Waals surface area contributed by atoms with Crippen molar-refractivity contribution in [2.45, 2.75) is 0 Å². The molecule has 0 radical (unpaired) electrons. The number of hydrogen-bond donors (Lipinski definition) is 0. The molecule has 0 spiro atoms. The fourth-order valence-electron chi connectivity index (χ4n) is 3.12. The molecule has 1 aliphatic heterocycles. The Bertz CT molecular complexity index is 1160. The molecule has 0 bridgehead atoms. The molecule has 0 fully saturated rings. The highest BCUT2D eigenvalue weighted by molar-refractivity contribution is 6.13. The molecule has 6 heteroatoms. The first-order valence-corrected chi connectivity index (χ1v) is 7.75. The summed E-state index contributed by atoms with van der Waals surface area (Å²) in [4.78, 5) is 28.2. The second-order valence-electron chi connectivity index (χ2n) is 5.74. The monoisotopic (exact) mass is 325 g/mol. The van der Waals surface area contributed by atoms with Gasteiger partial charge in [0.25, 0.3) is 5.91 Å². The van der Waals surface area contributed by atoms with Crippen LogP contribution in [0.3, 0.4) is 0 Å². The van der Waals surface area contributed by atoms with Crippen LogP contribution in [-0.4, -0.2) is 31.6 Å². The normalized spacial score (nSPS) is 12.7. The van der Waals surface area contributed by atoms with E-state index in [9.17, 15) is 4.79 Å². The van der Waals surface area contributed by atoms with Gasteiger partial charge >= 0.3 is 0 Å². The molecule has 0 saturated heterocycles. The molecular weight excluding hydrogens is 314 g/mol. The molecular formula is C19H11N5O. The molecule has 0 aliphatic carbocycles. The lowest BCUT2D eigenvalue weighted by Gasteiger charge is -2.06. The first kappa shape index (κ1) is 13.7. The molecule has 0 unspecified atom stereocenters. The van der Waals surface area contributed by atoms with Gasteiger partial charge in [0.2, 0.25) is 0 Å². The molecule has 1 amide bonds. The predicted octanol–water partition coefficient (Wildman–Crippen LogP) is 3.06. The maximum absolute atomic E-state index is 11.7. The van der Waals surface area contributed by atoms with Gasteiger partial charge in [0.15, 0.2) is 0 Å². The Hall–Kier alpha value is -3.67. The summed E-state index contributed by atoms with van der Waals surface area (Å²) >= 11 is 0. The number of fused-ring (bicyclic) bond motifs is 2. The van der Waals surface area contributed by atoms with Gasteiger partial charge in [0.1, 0.15) is 12.0 Å². The predicted molar refractivity (Wildman–Crippen MR) is 94.0 cm³/mol. The van der Waals surface area contributed by atoms with Gasteiger partial charge in [-0.25, -0.2) is 15.0 Å². The van der Waals surface area contributed by atoms with Crippen molar-refractivity contribution in [3.8, 4) is 16.8 Å². The second kappa shape index (κ2) is 5.17. The summed E-state index contributed by atoms with van der Waals surface area (Å²) in [6.45, 7) is 0. The van der Waals surface area contributed by atoms with Crippen LogP contribution in [0.15, 0.2) is 66.4 Å². The number of aliphatic imine (C=N–C) groups is 1. The smallest absolute Gasteiger partial charge is 0.277 e. The van der Waals surface area contributed by atoms with Crippen molar-refractivity contribution in [2.24, 2.45) is 4.99 Å². The van der Waals surface area contributed by atoms with Crippen LogP contribution in [0.2, 0.25) is 0 Å². The lowest BCUT2D eigenvalue weighted by atomic mass is 10.1. The third-order valence-corrected chi connectivity index (χ3v) is 4.32. The van der Waals surface area contributed by atoms with Crippen molar-refractivity contribution in [1.29, 1.82) is 0 Å². The first-order valence-electron chi connectivity index (χ1n) is 7.75. The van der Waals surface area contributed by atoms with Crippen LogP contribution in [0.4, 0.5) is 0 Å². The summed E-state index contributed by atoms with van der Waals surface area (Å²) in [6, 6.07) is 9.57. The summed E-state index contributed by atoms with van der Waals surface area (Å²) in [5, 5.41) is 0.957. The van der Waals surface area contributed by atoms with E-state index in [1.807, 2.05) is 41.2 Å². The molecule has 0 saturated carbocycles. The fraction of sp³-hybridized carbons (Fsp3) is 0. The van der Waals surface area contributed by atoms with Gasteiger partial charge in [0.05, 0.1) is 5.56 Å². The standard InChI is InChI=1S/C19H11N5O/c25-19-15-2-1-14(7-13(15)8-22-19)24-10-17(12-3-5-20-6-4-12)16-9-21-11-23-18(16)24/h1-11H. The van der Waals surface area contributed by atoms with Crippen LogP contribution in [0.1, 0.15) is 15.9 Å². The summed E-state index contributed by atoms with van der Waals surface area (Å²) < 4.78 is 2.00. The molecule has 5 rings (SSSR count). The quantitative estimate of drug-likeness (QED) is 0.568. The Morgan fingerprint density at radius 1 is 0.960 bits per heavy atom. The van der Waals surface area contributed by atoms with E-state index in [-0.39, 0.29) is 5.91 Å². The summed E-state index contributed by atoms with van der Waals surface area (Å²) in [7, 11) is 0. The van der Waals surface area contributed by atoms with Crippen molar-refractivity contribution in [3.63, 3.8) is 0 Å².